The number of carbonyl (C=O) groups excluding carboxylic acids is 1. The molecular weight excluding hydrogens is 262 g/mol. The molecule has 1 amide bonds. The molecule has 0 aliphatic carbocycles. The van der Waals surface area contributed by atoms with Crippen molar-refractivity contribution < 1.29 is 9.53 Å². The van der Waals surface area contributed by atoms with E-state index >= 15 is 0 Å². The van der Waals surface area contributed by atoms with Crippen molar-refractivity contribution in [2.75, 3.05) is 56.7 Å². The molecule has 1 aliphatic heterocycles. The first-order valence-corrected chi connectivity index (χ1v) is 6.62. The maximum atomic E-state index is 11.7. The first kappa shape index (κ1) is 14.5. The van der Waals surface area contributed by atoms with Crippen LogP contribution in [0.2, 0.25) is 0 Å². The lowest BCUT2D eigenvalue weighted by molar-refractivity contribution is -0.129. The molecule has 0 bridgehead atoms. The molecule has 0 unspecified atom stereocenters. The van der Waals surface area contributed by atoms with Crippen molar-refractivity contribution in [2.45, 2.75) is 6.92 Å². The van der Waals surface area contributed by atoms with Crippen LogP contribution in [0.5, 0.6) is 0 Å². The Morgan fingerprint density at radius 2 is 1.85 bits per heavy atom. The average molecular weight is 281 g/mol. The van der Waals surface area contributed by atoms with Crippen LogP contribution in [-0.2, 0) is 9.53 Å². The van der Waals surface area contributed by atoms with Gasteiger partial charge < -0.3 is 19.9 Å². The summed E-state index contributed by atoms with van der Waals surface area (Å²) in [5, 5.41) is 2.94. The highest BCUT2D eigenvalue weighted by molar-refractivity contribution is 5.76. The van der Waals surface area contributed by atoms with Gasteiger partial charge in [-0.1, -0.05) is 0 Å². The largest absolute Gasteiger partial charge is 0.383 e. The maximum Gasteiger partial charge on any atom is 0.253 e. The SMILES string of the molecule is COCCNc1c(N2CCN(C(C)=O)CC2)c(=O)c1=O. The number of hydrogen-bond donors (Lipinski definition) is 1. The molecule has 7 nitrogen and oxygen atoms in total. The first-order chi connectivity index (χ1) is 9.56. The quantitative estimate of drug-likeness (QED) is 0.551. The summed E-state index contributed by atoms with van der Waals surface area (Å²) in [7, 11) is 1.58. The van der Waals surface area contributed by atoms with Crippen molar-refractivity contribution in [2.24, 2.45) is 0 Å². The molecule has 1 aromatic carbocycles. The summed E-state index contributed by atoms with van der Waals surface area (Å²) in [5.74, 6) is 0.0353. The van der Waals surface area contributed by atoms with E-state index < -0.39 is 10.9 Å². The molecule has 0 spiro atoms. The molecule has 20 heavy (non-hydrogen) atoms. The minimum atomic E-state index is -0.467. The van der Waals surface area contributed by atoms with Crippen molar-refractivity contribution >= 4 is 17.3 Å². The standard InChI is InChI=1S/C13H19N3O4/c1-9(17)15-4-6-16(7-5-15)11-10(12(18)13(11)19)14-3-8-20-2/h14H,3-8H2,1-2H3. The molecule has 1 saturated heterocycles. The van der Waals surface area contributed by atoms with Gasteiger partial charge in [-0.25, -0.2) is 0 Å². The summed E-state index contributed by atoms with van der Waals surface area (Å²) in [6, 6.07) is 0. The van der Waals surface area contributed by atoms with Crippen LogP contribution in [0.15, 0.2) is 9.59 Å². The normalized spacial score (nSPS) is 15.7. The number of carbonyl (C=O) groups is 1. The second-order valence-electron chi connectivity index (χ2n) is 4.79. The number of nitrogens with one attached hydrogen (secondary N) is 1. The minimum absolute atomic E-state index is 0.0353. The zero-order valence-electron chi connectivity index (χ0n) is 11.8. The van der Waals surface area contributed by atoms with E-state index in [2.05, 4.69) is 5.32 Å². The fourth-order valence-corrected chi connectivity index (χ4v) is 2.37. The monoisotopic (exact) mass is 281 g/mol. The van der Waals surface area contributed by atoms with Crippen molar-refractivity contribution in [3.8, 4) is 0 Å². The van der Waals surface area contributed by atoms with E-state index in [9.17, 15) is 14.4 Å². The fraction of sp³-hybridized carbons (Fsp3) is 0.615. The highest BCUT2D eigenvalue weighted by Gasteiger charge is 2.28. The highest BCUT2D eigenvalue weighted by Crippen LogP contribution is 2.21. The second kappa shape index (κ2) is 6.04. The maximum absolute atomic E-state index is 11.7. The smallest absolute Gasteiger partial charge is 0.253 e. The molecule has 1 heterocycles. The molecule has 1 aromatic rings. The summed E-state index contributed by atoms with van der Waals surface area (Å²) >= 11 is 0. The Morgan fingerprint density at radius 3 is 2.40 bits per heavy atom. The minimum Gasteiger partial charge on any atom is -0.383 e. The molecule has 0 atom stereocenters. The van der Waals surface area contributed by atoms with Crippen molar-refractivity contribution in [1.29, 1.82) is 0 Å². The lowest BCUT2D eigenvalue weighted by Gasteiger charge is -2.36. The van der Waals surface area contributed by atoms with Gasteiger partial charge in [0.2, 0.25) is 5.91 Å². The number of methoxy groups -OCH3 is 1. The molecule has 7 heteroatoms. The number of ether oxygens (including phenoxy) is 1. The summed E-state index contributed by atoms with van der Waals surface area (Å²) < 4.78 is 4.90. The number of anilines is 2. The van der Waals surface area contributed by atoms with Gasteiger partial charge in [0, 0.05) is 46.8 Å². The Bertz CT molecular complexity index is 554. The third-order valence-corrected chi connectivity index (χ3v) is 3.53. The van der Waals surface area contributed by atoms with Gasteiger partial charge in [0.25, 0.3) is 10.9 Å². The molecule has 1 aliphatic rings. The predicted octanol–water partition coefficient (Wildman–Crippen LogP) is -0.991. The van der Waals surface area contributed by atoms with E-state index in [1.807, 2.05) is 4.90 Å². The van der Waals surface area contributed by atoms with Crippen LogP contribution in [0.4, 0.5) is 11.4 Å². The Kier molecular flexibility index (Phi) is 4.39. The van der Waals surface area contributed by atoms with Crippen LogP contribution < -0.4 is 21.1 Å². The van der Waals surface area contributed by atoms with Crippen LogP contribution in [0, 0.1) is 0 Å². The molecular formula is C13H19N3O4. The highest BCUT2D eigenvalue weighted by atomic mass is 16.5. The predicted molar refractivity (Wildman–Crippen MR) is 76.2 cm³/mol. The van der Waals surface area contributed by atoms with Crippen LogP contribution in [-0.4, -0.2) is 57.2 Å². The molecule has 0 saturated carbocycles. The van der Waals surface area contributed by atoms with E-state index in [1.54, 1.807) is 12.0 Å². The summed E-state index contributed by atoms with van der Waals surface area (Å²) in [6.45, 7) is 4.78. The zero-order chi connectivity index (χ0) is 14.7. The third kappa shape index (κ3) is 2.67. The van der Waals surface area contributed by atoms with Gasteiger partial charge in [-0.05, 0) is 0 Å². The lowest BCUT2D eigenvalue weighted by Crippen LogP contribution is -2.52. The van der Waals surface area contributed by atoms with Gasteiger partial charge in [0.05, 0.1) is 6.61 Å². The second-order valence-corrected chi connectivity index (χ2v) is 4.79. The topological polar surface area (TPSA) is 79.0 Å². The molecule has 1 N–H and O–H groups in total. The average Bonchev–Trinajstić information content (AvgIpc) is 2.46. The summed E-state index contributed by atoms with van der Waals surface area (Å²) in [4.78, 5) is 38.2. The van der Waals surface area contributed by atoms with E-state index in [0.29, 0.717) is 50.7 Å². The number of hydrogen-bond acceptors (Lipinski definition) is 6. The Balaban J connectivity index is 2.03. The third-order valence-electron chi connectivity index (χ3n) is 3.53. The molecule has 0 radical (unpaired) electrons. The van der Waals surface area contributed by atoms with Crippen LogP contribution in [0.25, 0.3) is 0 Å². The van der Waals surface area contributed by atoms with Gasteiger partial charge >= 0.3 is 0 Å². The van der Waals surface area contributed by atoms with E-state index in [0.717, 1.165) is 0 Å². The lowest BCUT2D eigenvalue weighted by atomic mass is 10.1. The van der Waals surface area contributed by atoms with Gasteiger partial charge in [-0.2, -0.15) is 0 Å². The van der Waals surface area contributed by atoms with Gasteiger partial charge in [0.1, 0.15) is 11.4 Å². The Hall–Kier alpha value is -1.89. The number of rotatable bonds is 5. The molecule has 0 aromatic heterocycles. The van der Waals surface area contributed by atoms with E-state index in [4.69, 9.17) is 4.74 Å². The zero-order valence-corrected chi connectivity index (χ0v) is 11.8. The van der Waals surface area contributed by atoms with Gasteiger partial charge in [-0.15, -0.1) is 0 Å². The Labute approximate surface area is 116 Å². The number of nitrogens with zero attached hydrogens (tertiary/aromatic N) is 2. The summed E-state index contributed by atoms with van der Waals surface area (Å²) in [5.41, 5.74) is -0.0797. The van der Waals surface area contributed by atoms with Gasteiger partial charge in [-0.3, -0.25) is 14.4 Å². The van der Waals surface area contributed by atoms with E-state index in [1.165, 1.54) is 6.92 Å². The molecule has 1 fully saturated rings. The summed E-state index contributed by atoms with van der Waals surface area (Å²) in [6.07, 6.45) is 0. The van der Waals surface area contributed by atoms with Crippen LogP contribution >= 0.6 is 0 Å². The Morgan fingerprint density at radius 1 is 1.20 bits per heavy atom. The molecule has 110 valence electrons. The van der Waals surface area contributed by atoms with Gasteiger partial charge in [0.15, 0.2) is 0 Å². The van der Waals surface area contributed by atoms with Crippen LogP contribution in [0.1, 0.15) is 6.92 Å². The molecule has 2 rings (SSSR count). The van der Waals surface area contributed by atoms with E-state index in [-0.39, 0.29) is 5.91 Å². The van der Waals surface area contributed by atoms with Crippen molar-refractivity contribution in [3.63, 3.8) is 0 Å². The first-order valence-electron chi connectivity index (χ1n) is 6.62. The fourth-order valence-electron chi connectivity index (χ4n) is 2.37. The van der Waals surface area contributed by atoms with Crippen molar-refractivity contribution in [1.82, 2.24) is 4.90 Å². The van der Waals surface area contributed by atoms with Crippen molar-refractivity contribution in [3.05, 3.63) is 20.4 Å². The number of amides is 1. The number of piperazine rings is 1. The van der Waals surface area contributed by atoms with Crippen LogP contribution in [0.3, 0.4) is 0 Å².